The molecule has 56 heavy (non-hydrogen) atoms. The molecule has 1 aliphatic heterocycles. The molecule has 2 fully saturated rings. The van der Waals surface area contributed by atoms with Crippen LogP contribution in [0.25, 0.3) is 44.4 Å². The van der Waals surface area contributed by atoms with Gasteiger partial charge in [0.25, 0.3) is 0 Å². The Labute approximate surface area is 328 Å². The molecule has 5 aromatic rings. The molecule has 11 heteroatoms. The van der Waals surface area contributed by atoms with E-state index in [1.165, 1.54) is 18.2 Å². The van der Waals surface area contributed by atoms with Crippen molar-refractivity contribution in [3.63, 3.8) is 0 Å². The van der Waals surface area contributed by atoms with Gasteiger partial charge in [0.15, 0.2) is 5.78 Å². The number of hydrogen-bond acceptors (Lipinski definition) is 7. The highest BCUT2D eigenvalue weighted by atomic mass is 16.6. The lowest BCUT2D eigenvalue weighted by molar-refractivity contribution is -0.126. The smallest absolute Gasteiger partial charge is 0.410 e. The summed E-state index contributed by atoms with van der Waals surface area (Å²) in [6, 6.07) is 19.0. The monoisotopic (exact) mass is 756 g/mol. The fourth-order valence-electron chi connectivity index (χ4n) is 8.93. The van der Waals surface area contributed by atoms with Gasteiger partial charge in [0.1, 0.15) is 17.2 Å². The maximum atomic E-state index is 13.7. The van der Waals surface area contributed by atoms with Gasteiger partial charge in [-0.1, -0.05) is 62.7 Å². The molecule has 3 aliphatic rings. The number of aromatic nitrogens is 4. The Morgan fingerprint density at radius 3 is 2.36 bits per heavy atom. The molecule has 1 saturated carbocycles. The third kappa shape index (κ3) is 7.31. The van der Waals surface area contributed by atoms with E-state index < -0.39 is 17.7 Å². The minimum atomic E-state index is -0.604. The summed E-state index contributed by atoms with van der Waals surface area (Å²) in [7, 11) is 1.31. The number of Topliss-reactive ketones (excluding diaryl/α,β-unsaturated/α-hetero) is 1. The third-order valence-electron chi connectivity index (χ3n) is 11.7. The first kappa shape index (κ1) is 37.5. The normalized spacial score (nSPS) is 19.8. The fraction of sp³-hybridized carbons (Fsp3) is 0.444. The number of hydrogen-bond donors (Lipinski definition) is 3. The van der Waals surface area contributed by atoms with E-state index >= 15 is 0 Å². The Morgan fingerprint density at radius 1 is 0.875 bits per heavy atom. The van der Waals surface area contributed by atoms with Crippen molar-refractivity contribution < 1.29 is 23.9 Å². The quantitative estimate of drug-likeness (QED) is 0.143. The molecule has 4 atom stereocenters. The van der Waals surface area contributed by atoms with E-state index in [0.717, 1.165) is 101 Å². The van der Waals surface area contributed by atoms with Crippen molar-refractivity contribution in [2.75, 3.05) is 13.7 Å². The van der Waals surface area contributed by atoms with Crippen molar-refractivity contribution in [3.8, 4) is 33.6 Å². The second-order valence-corrected chi connectivity index (χ2v) is 17.0. The Hall–Kier alpha value is -5.45. The highest BCUT2D eigenvalue weighted by Crippen LogP contribution is 2.42. The van der Waals surface area contributed by atoms with Crippen LogP contribution >= 0.6 is 0 Å². The number of carbonyl (C=O) groups excluding carboxylic acids is 3. The van der Waals surface area contributed by atoms with Gasteiger partial charge in [0, 0.05) is 35.2 Å². The molecule has 2 amide bonds. The van der Waals surface area contributed by atoms with E-state index in [2.05, 4.69) is 69.9 Å². The first-order valence-corrected chi connectivity index (χ1v) is 20.1. The van der Waals surface area contributed by atoms with Gasteiger partial charge in [-0.15, -0.1) is 0 Å². The minimum Gasteiger partial charge on any atom is -0.453 e. The SMILES string of the molecule is COC(=O)N[C@H](C(=O)C1CCC[C@H]1c1ncc(-c2ccc3cc(-c4ccc5c(c4)CCc4[nH]c([C@@H]6CCCN6C(=O)OC(C)(C)C)nc4-5)ccc3c2)[nH]1)C(C)C. The molecule has 2 aromatic heterocycles. The van der Waals surface area contributed by atoms with Crippen LogP contribution in [0.3, 0.4) is 0 Å². The van der Waals surface area contributed by atoms with Crippen LogP contribution in [0.2, 0.25) is 0 Å². The van der Waals surface area contributed by atoms with Crippen LogP contribution in [-0.2, 0) is 27.1 Å². The molecule has 0 bridgehead atoms. The van der Waals surface area contributed by atoms with Gasteiger partial charge in [-0.2, -0.15) is 0 Å². The van der Waals surface area contributed by atoms with Crippen LogP contribution in [-0.4, -0.2) is 68.1 Å². The predicted octanol–water partition coefficient (Wildman–Crippen LogP) is 9.29. The summed E-state index contributed by atoms with van der Waals surface area (Å²) < 4.78 is 10.5. The average molecular weight is 757 g/mol. The number of aromatic amines is 2. The zero-order valence-electron chi connectivity index (χ0n) is 33.2. The number of carbonyl (C=O) groups is 3. The second kappa shape index (κ2) is 14.9. The number of likely N-dealkylation sites (tertiary alicyclic amines) is 1. The summed E-state index contributed by atoms with van der Waals surface area (Å²) in [4.78, 5) is 57.5. The van der Waals surface area contributed by atoms with Crippen molar-refractivity contribution in [3.05, 3.63) is 83.7 Å². The van der Waals surface area contributed by atoms with Gasteiger partial charge in [0.2, 0.25) is 0 Å². The van der Waals surface area contributed by atoms with Gasteiger partial charge >= 0.3 is 12.2 Å². The number of H-pyrrole nitrogens is 2. The number of amides is 2. The summed E-state index contributed by atoms with van der Waals surface area (Å²) in [5.41, 5.74) is 8.27. The van der Waals surface area contributed by atoms with Crippen LogP contribution in [0.4, 0.5) is 9.59 Å². The van der Waals surface area contributed by atoms with E-state index in [1.54, 1.807) is 0 Å². The summed E-state index contributed by atoms with van der Waals surface area (Å²) >= 11 is 0. The number of ketones is 1. The number of alkyl carbamates (subject to hydrolysis) is 1. The summed E-state index contributed by atoms with van der Waals surface area (Å²) in [6.07, 6.45) is 7.15. The molecular weight excluding hydrogens is 705 g/mol. The standard InChI is InChI=1S/C45H52N6O5/c1-25(2)38(50-43(53)55-6)40(52)33-9-7-10-34(33)41-46-24-36(48-41)31-15-14-27-21-26(12-13-28(27)23-31)29-16-18-32-30(22-29)17-19-35-39(32)49-42(47-35)37-11-8-20-51(37)44(54)56-45(3,4)5/h12-16,18,21-25,33-34,37-38H,7-11,17,19-20H2,1-6H3,(H,46,48)(H,47,49)(H,50,53)/t33?,34-,37+,38+/m1/s1. The van der Waals surface area contributed by atoms with Crippen LogP contribution < -0.4 is 5.32 Å². The Bertz CT molecular complexity index is 2300. The van der Waals surface area contributed by atoms with E-state index in [1.807, 2.05) is 45.7 Å². The second-order valence-electron chi connectivity index (χ2n) is 17.0. The number of imidazole rings is 2. The molecule has 1 saturated heterocycles. The molecule has 292 valence electrons. The predicted molar refractivity (Wildman–Crippen MR) is 216 cm³/mol. The molecule has 2 aliphatic carbocycles. The molecule has 3 N–H and O–H groups in total. The van der Waals surface area contributed by atoms with Crippen LogP contribution in [0.5, 0.6) is 0 Å². The number of fused-ring (bicyclic) bond motifs is 4. The summed E-state index contributed by atoms with van der Waals surface area (Å²) in [5.74, 6) is 1.41. The van der Waals surface area contributed by atoms with Gasteiger partial charge < -0.3 is 24.8 Å². The van der Waals surface area contributed by atoms with Gasteiger partial charge in [-0.05, 0) is 105 Å². The molecule has 3 aromatic carbocycles. The average Bonchev–Trinajstić information content (AvgIpc) is 4.01. The number of aryl methyl sites for hydroxylation is 2. The minimum absolute atomic E-state index is 0.0277. The third-order valence-corrected chi connectivity index (χ3v) is 11.7. The van der Waals surface area contributed by atoms with E-state index in [4.69, 9.17) is 19.4 Å². The molecule has 0 radical (unpaired) electrons. The van der Waals surface area contributed by atoms with Crippen LogP contribution in [0.15, 0.2) is 60.8 Å². The Kier molecular flexibility index (Phi) is 9.97. The highest BCUT2D eigenvalue weighted by molar-refractivity contribution is 5.92. The highest BCUT2D eigenvalue weighted by Gasteiger charge is 2.40. The van der Waals surface area contributed by atoms with Crippen molar-refractivity contribution in [2.45, 2.75) is 103 Å². The molecule has 11 nitrogen and oxygen atoms in total. The maximum Gasteiger partial charge on any atom is 0.410 e. The zero-order valence-corrected chi connectivity index (χ0v) is 33.2. The lowest BCUT2D eigenvalue weighted by atomic mass is 9.84. The van der Waals surface area contributed by atoms with Crippen molar-refractivity contribution in [1.29, 1.82) is 0 Å². The van der Waals surface area contributed by atoms with Crippen LogP contribution in [0, 0.1) is 11.8 Å². The Morgan fingerprint density at radius 2 is 1.61 bits per heavy atom. The van der Waals surface area contributed by atoms with Crippen LogP contribution in [0.1, 0.15) is 102 Å². The lowest BCUT2D eigenvalue weighted by Gasteiger charge is -2.27. The summed E-state index contributed by atoms with van der Waals surface area (Å²) in [5, 5.41) is 5.03. The van der Waals surface area contributed by atoms with Gasteiger partial charge in [-0.25, -0.2) is 19.6 Å². The number of rotatable bonds is 8. The number of methoxy groups -OCH3 is 1. The topological polar surface area (TPSA) is 142 Å². The van der Waals surface area contributed by atoms with Crippen molar-refractivity contribution in [2.24, 2.45) is 11.8 Å². The first-order valence-electron chi connectivity index (χ1n) is 20.1. The molecule has 0 spiro atoms. The molecule has 3 heterocycles. The number of benzene rings is 3. The van der Waals surface area contributed by atoms with E-state index in [-0.39, 0.29) is 35.7 Å². The lowest BCUT2D eigenvalue weighted by Crippen LogP contribution is -2.47. The maximum absolute atomic E-state index is 13.7. The molecular formula is C45H52N6O5. The number of ether oxygens (including phenoxy) is 2. The van der Waals surface area contributed by atoms with E-state index in [0.29, 0.717) is 6.54 Å². The summed E-state index contributed by atoms with van der Waals surface area (Å²) in [6.45, 7) is 10.2. The van der Waals surface area contributed by atoms with Crippen molar-refractivity contribution >= 4 is 28.7 Å². The number of nitrogens with one attached hydrogen (secondary N) is 3. The molecule has 8 rings (SSSR count). The fourth-order valence-corrected chi connectivity index (χ4v) is 8.93. The van der Waals surface area contributed by atoms with Gasteiger partial charge in [-0.3, -0.25) is 9.69 Å². The first-order chi connectivity index (χ1) is 26.9. The van der Waals surface area contributed by atoms with E-state index in [9.17, 15) is 14.4 Å². The zero-order chi connectivity index (χ0) is 39.3. The van der Waals surface area contributed by atoms with Gasteiger partial charge in [0.05, 0.1) is 36.8 Å². The number of nitrogens with zero attached hydrogens (tertiary/aromatic N) is 3. The Balaban J connectivity index is 0.983. The largest absolute Gasteiger partial charge is 0.453 e. The van der Waals surface area contributed by atoms with Crippen molar-refractivity contribution in [1.82, 2.24) is 30.2 Å². The molecule has 1 unspecified atom stereocenters.